The first kappa shape index (κ1) is 31.8. The highest BCUT2D eigenvalue weighted by Crippen LogP contribution is 2.23. The number of amides is 2. The first-order chi connectivity index (χ1) is 20.1. The van der Waals surface area contributed by atoms with E-state index in [9.17, 15) is 18.0 Å². The number of hydrogen-bond donors (Lipinski definition) is 1. The summed E-state index contributed by atoms with van der Waals surface area (Å²) in [7, 11) is -3.79. The van der Waals surface area contributed by atoms with Gasteiger partial charge in [-0.2, -0.15) is 0 Å². The molecule has 3 aromatic carbocycles. The molecular formula is C33H40BrN3O4S. The molecule has 0 heterocycles. The number of aryl methyl sites for hydroxylation is 1. The second-order valence-corrected chi connectivity index (χ2v) is 13.8. The second kappa shape index (κ2) is 14.8. The molecule has 9 heteroatoms. The average Bonchev–Trinajstić information content (AvgIpc) is 2.99. The standard InChI is InChI=1S/C33H40BrN3O4S/c1-3-25-16-20-30(21-17-25)37(42(2,40)41)24-32(38)36(23-27-14-18-28(34)19-15-27)31(22-26-10-6-4-7-11-26)33(39)35-29-12-8-5-9-13-29/h4,6-7,10-11,14-21,29,31H,3,5,8-9,12-13,22-24H2,1-2H3,(H,35,39). The van der Waals surface area contributed by atoms with Gasteiger partial charge >= 0.3 is 0 Å². The third kappa shape index (κ3) is 8.91. The molecule has 0 aromatic heterocycles. The van der Waals surface area contributed by atoms with Crippen molar-refractivity contribution in [2.45, 2.75) is 70.5 Å². The Bertz CT molecular complexity index is 1420. The topological polar surface area (TPSA) is 86.8 Å². The summed E-state index contributed by atoms with van der Waals surface area (Å²) < 4.78 is 28.0. The minimum atomic E-state index is -3.79. The lowest BCUT2D eigenvalue weighted by molar-refractivity contribution is -0.140. The largest absolute Gasteiger partial charge is 0.352 e. The van der Waals surface area contributed by atoms with Gasteiger partial charge in [0.25, 0.3) is 0 Å². The number of nitrogens with one attached hydrogen (secondary N) is 1. The summed E-state index contributed by atoms with van der Waals surface area (Å²) in [5, 5.41) is 3.23. The van der Waals surface area contributed by atoms with Crippen molar-refractivity contribution in [2.24, 2.45) is 0 Å². The molecule has 0 saturated heterocycles. The van der Waals surface area contributed by atoms with Gasteiger partial charge < -0.3 is 10.2 Å². The van der Waals surface area contributed by atoms with Gasteiger partial charge in [0, 0.05) is 23.5 Å². The Kier molecular flexibility index (Phi) is 11.2. The molecule has 1 aliphatic carbocycles. The van der Waals surface area contributed by atoms with Crippen LogP contribution in [0.25, 0.3) is 0 Å². The Balaban J connectivity index is 1.70. The van der Waals surface area contributed by atoms with E-state index in [1.54, 1.807) is 17.0 Å². The number of sulfonamides is 1. The van der Waals surface area contributed by atoms with Gasteiger partial charge in [0.15, 0.2) is 0 Å². The minimum absolute atomic E-state index is 0.0683. The first-order valence-corrected chi connectivity index (χ1v) is 17.2. The summed E-state index contributed by atoms with van der Waals surface area (Å²) in [4.78, 5) is 29.8. The first-order valence-electron chi connectivity index (χ1n) is 14.6. The van der Waals surface area contributed by atoms with Crippen molar-refractivity contribution >= 4 is 43.5 Å². The molecule has 0 bridgehead atoms. The summed E-state index contributed by atoms with van der Waals surface area (Å²) in [6.45, 7) is 1.77. The zero-order chi connectivity index (χ0) is 30.1. The van der Waals surface area contributed by atoms with Crippen LogP contribution < -0.4 is 9.62 Å². The van der Waals surface area contributed by atoms with Gasteiger partial charge in [0.1, 0.15) is 12.6 Å². The summed E-state index contributed by atoms with van der Waals surface area (Å²) in [5.74, 6) is -0.656. The van der Waals surface area contributed by atoms with Crippen molar-refractivity contribution < 1.29 is 18.0 Å². The van der Waals surface area contributed by atoms with Gasteiger partial charge in [0.2, 0.25) is 21.8 Å². The minimum Gasteiger partial charge on any atom is -0.352 e. The molecule has 0 radical (unpaired) electrons. The molecule has 0 aliphatic heterocycles. The predicted octanol–water partition coefficient (Wildman–Crippen LogP) is 5.87. The van der Waals surface area contributed by atoms with Gasteiger partial charge in [-0.15, -0.1) is 0 Å². The molecule has 1 N–H and O–H groups in total. The number of rotatable bonds is 12. The summed E-state index contributed by atoms with van der Waals surface area (Å²) in [6.07, 6.45) is 7.35. The van der Waals surface area contributed by atoms with Crippen LogP contribution >= 0.6 is 15.9 Å². The lowest BCUT2D eigenvalue weighted by Gasteiger charge is -2.35. The van der Waals surface area contributed by atoms with E-state index in [4.69, 9.17) is 0 Å². The van der Waals surface area contributed by atoms with E-state index in [1.165, 1.54) is 0 Å². The van der Waals surface area contributed by atoms with Crippen LogP contribution in [0.3, 0.4) is 0 Å². The number of carbonyl (C=O) groups excluding carboxylic acids is 2. The van der Waals surface area contributed by atoms with Crippen LogP contribution in [0.5, 0.6) is 0 Å². The summed E-state index contributed by atoms with van der Waals surface area (Å²) in [6, 6.07) is 23.7. The van der Waals surface area contributed by atoms with Gasteiger partial charge in [-0.05, 0) is 60.2 Å². The second-order valence-electron chi connectivity index (χ2n) is 11.0. The monoisotopic (exact) mass is 653 g/mol. The number of hydrogen-bond acceptors (Lipinski definition) is 4. The molecule has 1 unspecified atom stereocenters. The maximum Gasteiger partial charge on any atom is 0.244 e. The van der Waals surface area contributed by atoms with Gasteiger partial charge in [-0.1, -0.05) is 96.7 Å². The van der Waals surface area contributed by atoms with E-state index in [1.807, 2.05) is 73.7 Å². The third-order valence-electron chi connectivity index (χ3n) is 7.80. The van der Waals surface area contributed by atoms with Crippen LogP contribution in [0.1, 0.15) is 55.7 Å². The summed E-state index contributed by atoms with van der Waals surface area (Å²) in [5.41, 5.74) is 3.24. The van der Waals surface area contributed by atoms with Crippen molar-refractivity contribution in [3.63, 3.8) is 0 Å². The Morgan fingerprint density at radius 1 is 0.881 bits per heavy atom. The van der Waals surface area contributed by atoms with E-state index < -0.39 is 28.5 Å². The molecule has 0 spiro atoms. The smallest absolute Gasteiger partial charge is 0.244 e. The fourth-order valence-electron chi connectivity index (χ4n) is 5.40. The van der Waals surface area contributed by atoms with Crippen molar-refractivity contribution in [1.82, 2.24) is 10.2 Å². The number of nitrogens with zero attached hydrogens (tertiary/aromatic N) is 2. The predicted molar refractivity (Wildman–Crippen MR) is 172 cm³/mol. The van der Waals surface area contributed by atoms with E-state index in [0.29, 0.717) is 12.1 Å². The van der Waals surface area contributed by atoms with Crippen LogP contribution in [-0.4, -0.2) is 50.0 Å². The van der Waals surface area contributed by atoms with Gasteiger partial charge in [-0.25, -0.2) is 8.42 Å². The zero-order valence-corrected chi connectivity index (χ0v) is 26.7. The molecule has 2 amide bonds. The van der Waals surface area contributed by atoms with Crippen LogP contribution in [-0.2, 0) is 39.0 Å². The molecule has 42 heavy (non-hydrogen) atoms. The molecule has 4 rings (SSSR count). The Morgan fingerprint density at radius 2 is 1.50 bits per heavy atom. The third-order valence-corrected chi connectivity index (χ3v) is 9.47. The molecular weight excluding hydrogens is 614 g/mol. The van der Waals surface area contributed by atoms with E-state index in [-0.39, 0.29) is 18.5 Å². The number of halogens is 1. The number of carbonyl (C=O) groups is 2. The fraction of sp³-hybridized carbons (Fsp3) is 0.394. The van der Waals surface area contributed by atoms with Crippen LogP contribution in [0.2, 0.25) is 0 Å². The maximum absolute atomic E-state index is 14.2. The zero-order valence-electron chi connectivity index (χ0n) is 24.3. The van der Waals surface area contributed by atoms with Crippen LogP contribution in [0.15, 0.2) is 83.3 Å². The van der Waals surface area contributed by atoms with Gasteiger partial charge in [0.05, 0.1) is 11.9 Å². The SMILES string of the molecule is CCc1ccc(N(CC(=O)N(Cc2ccc(Br)cc2)C(Cc2ccccc2)C(=O)NC2CCCCC2)S(C)(=O)=O)cc1. The molecule has 1 saturated carbocycles. The highest BCUT2D eigenvalue weighted by molar-refractivity contribution is 9.10. The number of anilines is 1. The van der Waals surface area contributed by atoms with E-state index in [2.05, 4.69) is 21.2 Å². The normalized spacial score (nSPS) is 14.6. The number of benzene rings is 3. The highest BCUT2D eigenvalue weighted by atomic mass is 79.9. The van der Waals surface area contributed by atoms with Crippen LogP contribution in [0.4, 0.5) is 5.69 Å². The molecule has 3 aromatic rings. The fourth-order valence-corrected chi connectivity index (χ4v) is 6.51. The van der Waals surface area contributed by atoms with Gasteiger partial charge in [-0.3, -0.25) is 13.9 Å². The highest BCUT2D eigenvalue weighted by Gasteiger charge is 2.34. The maximum atomic E-state index is 14.2. The molecule has 1 atom stereocenters. The Labute approximate surface area is 258 Å². The molecule has 224 valence electrons. The van der Waals surface area contributed by atoms with E-state index >= 15 is 0 Å². The Hall–Kier alpha value is -3.17. The molecule has 1 fully saturated rings. The Morgan fingerprint density at radius 3 is 2.10 bits per heavy atom. The lowest BCUT2D eigenvalue weighted by Crippen LogP contribution is -2.55. The van der Waals surface area contributed by atoms with Crippen molar-refractivity contribution in [3.8, 4) is 0 Å². The average molecular weight is 655 g/mol. The summed E-state index contributed by atoms with van der Waals surface area (Å²) >= 11 is 3.46. The van der Waals surface area contributed by atoms with E-state index in [0.717, 1.165) is 70.2 Å². The molecule has 1 aliphatic rings. The van der Waals surface area contributed by atoms with Crippen molar-refractivity contribution in [1.29, 1.82) is 0 Å². The van der Waals surface area contributed by atoms with Crippen LogP contribution in [0, 0.1) is 0 Å². The lowest BCUT2D eigenvalue weighted by atomic mass is 9.94. The quantitative estimate of drug-likeness (QED) is 0.265. The van der Waals surface area contributed by atoms with Crippen molar-refractivity contribution in [3.05, 3.63) is 100 Å². The molecule has 7 nitrogen and oxygen atoms in total. The van der Waals surface area contributed by atoms with Crippen molar-refractivity contribution in [2.75, 3.05) is 17.1 Å².